The highest BCUT2D eigenvalue weighted by molar-refractivity contribution is 8.00. The molecule has 3 heteroatoms. The summed E-state index contributed by atoms with van der Waals surface area (Å²) in [5.74, 6) is 1.03. The van der Waals surface area contributed by atoms with E-state index in [1.165, 1.54) is 35.3 Å². The number of fused-ring (bicyclic) bond motifs is 1. The van der Waals surface area contributed by atoms with Crippen LogP contribution in [-0.4, -0.2) is 12.3 Å². The Labute approximate surface area is 125 Å². The van der Waals surface area contributed by atoms with Gasteiger partial charge in [0, 0.05) is 16.2 Å². The van der Waals surface area contributed by atoms with Gasteiger partial charge in [0.25, 0.3) is 0 Å². The zero-order chi connectivity index (χ0) is 13.9. The minimum atomic E-state index is 0.410. The molecule has 0 amide bonds. The molecule has 106 valence electrons. The van der Waals surface area contributed by atoms with E-state index in [-0.39, 0.29) is 0 Å². The van der Waals surface area contributed by atoms with Crippen molar-refractivity contribution in [2.45, 2.75) is 42.4 Å². The number of aryl methyl sites for hydroxylation is 2. The molecule has 2 unspecified atom stereocenters. The van der Waals surface area contributed by atoms with E-state index in [1.54, 1.807) is 6.26 Å². The molecule has 0 bridgehead atoms. The molecular weight excluding hydrogens is 266 g/mol. The molecular formula is C17H21NOS. The molecule has 0 aliphatic heterocycles. The third kappa shape index (κ3) is 2.65. The van der Waals surface area contributed by atoms with E-state index in [4.69, 9.17) is 4.42 Å². The summed E-state index contributed by atoms with van der Waals surface area (Å²) in [7, 11) is 2.07. The van der Waals surface area contributed by atoms with Crippen LogP contribution in [0.25, 0.3) is 0 Å². The normalized spacial score (nSPS) is 22.3. The topological polar surface area (TPSA) is 25.2 Å². The van der Waals surface area contributed by atoms with Crippen LogP contribution in [0.5, 0.6) is 0 Å². The number of benzene rings is 1. The summed E-state index contributed by atoms with van der Waals surface area (Å²) in [4.78, 5) is 1.27. The minimum absolute atomic E-state index is 0.410. The molecule has 0 saturated carbocycles. The number of nitrogens with one attached hydrogen (secondary N) is 1. The summed E-state index contributed by atoms with van der Waals surface area (Å²) in [5, 5.41) is 4.09. The second-order valence-electron chi connectivity index (χ2n) is 5.35. The first-order valence-corrected chi connectivity index (χ1v) is 8.13. The lowest BCUT2D eigenvalue weighted by Gasteiger charge is -2.25. The van der Waals surface area contributed by atoms with E-state index in [9.17, 15) is 0 Å². The van der Waals surface area contributed by atoms with Crippen LogP contribution in [0.4, 0.5) is 0 Å². The molecule has 2 nitrogen and oxygen atoms in total. The lowest BCUT2D eigenvalue weighted by atomic mass is 9.99. The van der Waals surface area contributed by atoms with Crippen molar-refractivity contribution in [1.29, 1.82) is 0 Å². The van der Waals surface area contributed by atoms with E-state index in [0.717, 1.165) is 5.76 Å². The number of thioether (sulfide) groups is 1. The van der Waals surface area contributed by atoms with Gasteiger partial charge in [-0.1, -0.05) is 24.3 Å². The number of rotatable bonds is 3. The van der Waals surface area contributed by atoms with Gasteiger partial charge in [-0.05, 0) is 50.4 Å². The summed E-state index contributed by atoms with van der Waals surface area (Å²) >= 11 is 1.95. The predicted molar refractivity (Wildman–Crippen MR) is 84.3 cm³/mol. The second kappa shape index (κ2) is 6.06. The first kappa shape index (κ1) is 13.8. The van der Waals surface area contributed by atoms with Crippen molar-refractivity contribution >= 4 is 11.8 Å². The second-order valence-corrected chi connectivity index (χ2v) is 6.64. The highest BCUT2D eigenvalue weighted by Gasteiger charge is 2.27. The highest BCUT2D eigenvalue weighted by atomic mass is 32.2. The molecule has 1 aromatic heterocycles. The fourth-order valence-corrected chi connectivity index (χ4v) is 4.43. The van der Waals surface area contributed by atoms with Crippen LogP contribution in [0.15, 0.2) is 45.9 Å². The van der Waals surface area contributed by atoms with Gasteiger partial charge < -0.3 is 9.73 Å². The highest BCUT2D eigenvalue weighted by Crippen LogP contribution is 2.40. The van der Waals surface area contributed by atoms with Crippen LogP contribution in [-0.2, 0) is 6.42 Å². The van der Waals surface area contributed by atoms with Crippen molar-refractivity contribution in [3.05, 3.63) is 53.5 Å². The van der Waals surface area contributed by atoms with Gasteiger partial charge >= 0.3 is 0 Å². The Balaban J connectivity index is 1.89. The maximum absolute atomic E-state index is 5.43. The smallest absolute Gasteiger partial charge is 0.114 e. The van der Waals surface area contributed by atoms with Crippen LogP contribution in [0.3, 0.4) is 0 Å². The number of hydrogen-bond acceptors (Lipinski definition) is 3. The summed E-state index contributed by atoms with van der Waals surface area (Å²) in [6, 6.07) is 11.4. The van der Waals surface area contributed by atoms with E-state index < -0.39 is 0 Å². The molecule has 1 aliphatic carbocycles. The predicted octanol–water partition coefficient (Wildman–Crippen LogP) is 4.35. The minimum Gasteiger partial charge on any atom is -0.468 e. The van der Waals surface area contributed by atoms with Gasteiger partial charge in [-0.3, -0.25) is 0 Å². The maximum Gasteiger partial charge on any atom is 0.114 e. The number of hydrogen-bond donors (Lipinski definition) is 1. The largest absolute Gasteiger partial charge is 0.468 e. The summed E-state index contributed by atoms with van der Waals surface area (Å²) in [6.45, 7) is 2.04. The first-order chi connectivity index (χ1) is 9.79. The molecule has 1 aromatic carbocycles. The van der Waals surface area contributed by atoms with E-state index in [2.05, 4.69) is 42.7 Å². The van der Waals surface area contributed by atoms with Gasteiger partial charge in [0.1, 0.15) is 5.76 Å². The van der Waals surface area contributed by atoms with Gasteiger partial charge in [-0.25, -0.2) is 0 Å². The molecule has 0 spiro atoms. The van der Waals surface area contributed by atoms with Crippen LogP contribution in [0.1, 0.15) is 35.8 Å². The molecule has 1 N–H and O–H groups in total. The van der Waals surface area contributed by atoms with Crippen LogP contribution in [0, 0.1) is 6.92 Å². The number of furan rings is 1. The Morgan fingerprint density at radius 3 is 2.85 bits per heavy atom. The lowest BCUT2D eigenvalue weighted by Crippen LogP contribution is -2.27. The molecule has 0 fully saturated rings. The van der Waals surface area contributed by atoms with Crippen LogP contribution in [0.2, 0.25) is 0 Å². The average Bonchev–Trinajstić information content (AvgIpc) is 2.77. The molecule has 1 aliphatic rings. The zero-order valence-electron chi connectivity index (χ0n) is 12.1. The van der Waals surface area contributed by atoms with E-state index >= 15 is 0 Å². The van der Waals surface area contributed by atoms with Crippen LogP contribution >= 0.6 is 11.8 Å². The van der Waals surface area contributed by atoms with Gasteiger partial charge in [0.2, 0.25) is 0 Å². The van der Waals surface area contributed by atoms with Crippen molar-refractivity contribution in [3.8, 4) is 0 Å². The van der Waals surface area contributed by atoms with Gasteiger partial charge in [0.05, 0.1) is 6.26 Å². The fourth-order valence-electron chi connectivity index (χ4n) is 3.05. The summed E-state index contributed by atoms with van der Waals surface area (Å²) in [6.07, 6.45) is 5.46. The van der Waals surface area contributed by atoms with Crippen molar-refractivity contribution in [3.63, 3.8) is 0 Å². The van der Waals surface area contributed by atoms with Crippen LogP contribution < -0.4 is 5.32 Å². The molecule has 0 saturated heterocycles. The SMILES string of the molecule is CNC1c2ccccc2CCCC1Sc1ccoc1C. The van der Waals surface area contributed by atoms with Crippen molar-refractivity contribution in [2.75, 3.05) is 7.05 Å². The molecule has 0 radical (unpaired) electrons. The Morgan fingerprint density at radius 2 is 2.10 bits per heavy atom. The Hall–Kier alpha value is -1.19. The lowest BCUT2D eigenvalue weighted by molar-refractivity contribution is 0.524. The average molecular weight is 287 g/mol. The maximum atomic E-state index is 5.43. The summed E-state index contributed by atoms with van der Waals surface area (Å²) in [5.41, 5.74) is 2.96. The Morgan fingerprint density at radius 1 is 1.25 bits per heavy atom. The molecule has 1 heterocycles. The monoisotopic (exact) mass is 287 g/mol. The van der Waals surface area contributed by atoms with Crippen molar-refractivity contribution in [1.82, 2.24) is 5.32 Å². The van der Waals surface area contributed by atoms with Gasteiger partial charge in [-0.15, -0.1) is 11.8 Å². The Kier molecular flexibility index (Phi) is 4.18. The molecule has 20 heavy (non-hydrogen) atoms. The zero-order valence-corrected chi connectivity index (χ0v) is 12.9. The van der Waals surface area contributed by atoms with E-state index in [1.807, 2.05) is 18.7 Å². The van der Waals surface area contributed by atoms with Gasteiger partial charge in [0.15, 0.2) is 0 Å². The van der Waals surface area contributed by atoms with Crippen molar-refractivity contribution < 1.29 is 4.42 Å². The van der Waals surface area contributed by atoms with E-state index in [0.29, 0.717) is 11.3 Å². The van der Waals surface area contributed by atoms with Crippen molar-refractivity contribution in [2.24, 2.45) is 0 Å². The summed E-state index contributed by atoms with van der Waals surface area (Å²) < 4.78 is 5.43. The van der Waals surface area contributed by atoms with Gasteiger partial charge in [-0.2, -0.15) is 0 Å². The standard InChI is InChI=1S/C17H21NOS/c1-12-15(10-11-19-12)20-16-9-5-7-13-6-3-4-8-14(13)17(16)18-2/h3-4,6,8,10-11,16-18H,5,7,9H2,1-2H3. The molecule has 2 atom stereocenters. The Bertz CT molecular complexity index is 578. The third-order valence-corrected chi connectivity index (χ3v) is 5.59. The first-order valence-electron chi connectivity index (χ1n) is 7.25. The molecule has 3 rings (SSSR count). The molecule has 2 aromatic rings. The quantitative estimate of drug-likeness (QED) is 0.850. The third-order valence-electron chi connectivity index (χ3n) is 4.10. The fraction of sp³-hybridized carbons (Fsp3) is 0.412.